The number of aromatic nitrogens is 4. The number of hydrogen-bond acceptors (Lipinski definition) is 4. The molecule has 28 heavy (non-hydrogen) atoms. The highest BCUT2D eigenvalue weighted by atomic mass is 16.5. The van der Waals surface area contributed by atoms with Gasteiger partial charge in [0.25, 0.3) is 0 Å². The molecule has 6 heteroatoms. The maximum absolute atomic E-state index is 9.11. The van der Waals surface area contributed by atoms with Crippen molar-refractivity contribution >= 4 is 10.9 Å². The number of nitrogens with one attached hydrogen (secondary N) is 1. The van der Waals surface area contributed by atoms with E-state index in [1.807, 2.05) is 47.1 Å². The van der Waals surface area contributed by atoms with Crippen LogP contribution in [0.4, 0.5) is 0 Å². The first kappa shape index (κ1) is 16.6. The minimum atomic E-state index is 0.167. The van der Waals surface area contributed by atoms with Gasteiger partial charge in [-0.25, -0.2) is 9.67 Å². The van der Waals surface area contributed by atoms with E-state index in [4.69, 9.17) is 20.1 Å². The summed E-state index contributed by atoms with van der Waals surface area (Å²) in [5.41, 5.74) is 3.64. The fraction of sp³-hybridized carbons (Fsp3) is 0.227. The zero-order chi connectivity index (χ0) is 19.1. The first-order valence-electron chi connectivity index (χ1n) is 9.37. The second-order valence-corrected chi connectivity index (χ2v) is 7.05. The zero-order valence-electron chi connectivity index (χ0n) is 15.5. The third-order valence-electron chi connectivity index (χ3n) is 5.38. The molecule has 1 unspecified atom stereocenters. The Balaban J connectivity index is 1.58. The van der Waals surface area contributed by atoms with Crippen molar-refractivity contribution in [2.75, 3.05) is 7.11 Å². The van der Waals surface area contributed by atoms with Gasteiger partial charge in [0.2, 0.25) is 0 Å². The Morgan fingerprint density at radius 1 is 1.21 bits per heavy atom. The molecule has 4 aromatic rings. The summed E-state index contributed by atoms with van der Waals surface area (Å²) in [4.78, 5) is 8.27. The van der Waals surface area contributed by atoms with Crippen LogP contribution in [0.1, 0.15) is 35.7 Å². The molecule has 0 fully saturated rings. The Bertz CT molecular complexity index is 1210. The molecule has 1 aliphatic rings. The number of nitrogens with zero attached hydrogens (tertiary/aromatic N) is 4. The third-order valence-corrected chi connectivity index (χ3v) is 5.38. The van der Waals surface area contributed by atoms with Gasteiger partial charge in [-0.2, -0.15) is 5.26 Å². The molecule has 0 radical (unpaired) electrons. The highest BCUT2D eigenvalue weighted by molar-refractivity contribution is 5.85. The summed E-state index contributed by atoms with van der Waals surface area (Å²) in [6.07, 6.45) is 2.08. The topological polar surface area (TPSA) is 79.5 Å². The van der Waals surface area contributed by atoms with Crippen LogP contribution in [0, 0.1) is 11.3 Å². The Labute approximate surface area is 162 Å². The van der Waals surface area contributed by atoms with Gasteiger partial charge < -0.3 is 9.72 Å². The average molecular weight is 369 g/mol. The second kappa shape index (κ2) is 6.54. The highest BCUT2D eigenvalue weighted by Gasteiger charge is 2.28. The summed E-state index contributed by atoms with van der Waals surface area (Å²) in [6, 6.07) is 17.9. The summed E-state index contributed by atoms with van der Waals surface area (Å²) in [7, 11) is 1.71. The summed E-state index contributed by atoms with van der Waals surface area (Å²) >= 11 is 0. The molecular formula is C22H19N5O. The van der Waals surface area contributed by atoms with Gasteiger partial charge in [0.15, 0.2) is 5.82 Å². The molecule has 6 nitrogen and oxygen atoms in total. The molecule has 0 saturated heterocycles. The first-order chi connectivity index (χ1) is 13.8. The van der Waals surface area contributed by atoms with Crippen LogP contribution in [0.2, 0.25) is 0 Å². The van der Waals surface area contributed by atoms with Gasteiger partial charge in [-0.1, -0.05) is 18.2 Å². The van der Waals surface area contributed by atoms with E-state index in [9.17, 15) is 0 Å². The number of fused-ring (bicyclic) bond motifs is 2. The van der Waals surface area contributed by atoms with E-state index in [1.54, 1.807) is 7.11 Å². The summed E-state index contributed by atoms with van der Waals surface area (Å²) in [5.74, 6) is 2.72. The van der Waals surface area contributed by atoms with Gasteiger partial charge in [-0.3, -0.25) is 0 Å². The molecule has 2 aromatic heterocycles. The van der Waals surface area contributed by atoms with Gasteiger partial charge in [-0.15, -0.1) is 5.10 Å². The minimum absolute atomic E-state index is 0.167. The number of aryl methyl sites for hydroxylation is 1. The molecule has 3 heterocycles. The lowest BCUT2D eigenvalue weighted by atomic mass is 9.90. The smallest absolute Gasteiger partial charge is 0.197 e. The quantitative estimate of drug-likeness (QED) is 0.586. The van der Waals surface area contributed by atoms with Crippen LogP contribution in [-0.2, 0) is 6.54 Å². The van der Waals surface area contributed by atoms with E-state index in [0.717, 1.165) is 53.1 Å². The molecule has 0 bridgehead atoms. The lowest BCUT2D eigenvalue weighted by Gasteiger charge is -2.23. The maximum atomic E-state index is 9.11. The first-order valence-corrected chi connectivity index (χ1v) is 9.37. The van der Waals surface area contributed by atoms with E-state index in [1.165, 1.54) is 0 Å². The lowest BCUT2D eigenvalue weighted by molar-refractivity contribution is 0.394. The van der Waals surface area contributed by atoms with Crippen molar-refractivity contribution in [2.45, 2.75) is 25.3 Å². The highest BCUT2D eigenvalue weighted by Crippen LogP contribution is 2.37. The molecule has 1 N–H and O–H groups in total. The molecule has 0 amide bonds. The Hall–Kier alpha value is -3.59. The van der Waals surface area contributed by atoms with Crippen LogP contribution < -0.4 is 4.74 Å². The molecular weight excluding hydrogens is 350 g/mol. The lowest BCUT2D eigenvalue weighted by Crippen LogP contribution is -2.18. The third kappa shape index (κ3) is 2.64. The summed E-state index contributed by atoms with van der Waals surface area (Å²) < 4.78 is 7.59. The number of methoxy groups -OCH3 is 1. The van der Waals surface area contributed by atoms with Crippen molar-refractivity contribution in [2.24, 2.45) is 0 Å². The number of benzene rings is 2. The van der Waals surface area contributed by atoms with Gasteiger partial charge >= 0.3 is 0 Å². The number of para-hydroxylation sites is 1. The second-order valence-electron chi connectivity index (χ2n) is 7.05. The molecule has 138 valence electrons. The molecule has 0 saturated carbocycles. The van der Waals surface area contributed by atoms with Crippen LogP contribution in [0.3, 0.4) is 0 Å². The summed E-state index contributed by atoms with van der Waals surface area (Å²) in [6.45, 7) is 0.868. The van der Waals surface area contributed by atoms with E-state index in [-0.39, 0.29) is 5.92 Å². The Kier molecular flexibility index (Phi) is 3.87. The Morgan fingerprint density at radius 3 is 2.96 bits per heavy atom. The van der Waals surface area contributed by atoms with Crippen molar-refractivity contribution in [3.05, 3.63) is 65.5 Å². The molecule has 1 atom stereocenters. The normalized spacial score (nSPS) is 15.9. The number of H-pyrrole nitrogens is 1. The van der Waals surface area contributed by atoms with Gasteiger partial charge in [0.1, 0.15) is 11.6 Å². The molecule has 2 aromatic carbocycles. The van der Waals surface area contributed by atoms with Crippen molar-refractivity contribution in [1.82, 2.24) is 19.7 Å². The van der Waals surface area contributed by atoms with Crippen LogP contribution in [0.15, 0.2) is 48.5 Å². The Morgan fingerprint density at radius 2 is 2.11 bits per heavy atom. The number of hydrogen-bond donors (Lipinski definition) is 1. The fourth-order valence-electron chi connectivity index (χ4n) is 4.04. The van der Waals surface area contributed by atoms with E-state index in [2.05, 4.69) is 17.1 Å². The summed E-state index contributed by atoms with van der Waals surface area (Å²) in [5, 5.41) is 14.9. The van der Waals surface area contributed by atoms with Gasteiger partial charge in [-0.05, 0) is 43.2 Å². The predicted molar refractivity (Wildman–Crippen MR) is 106 cm³/mol. The minimum Gasteiger partial charge on any atom is -0.496 e. The van der Waals surface area contributed by atoms with Crippen molar-refractivity contribution in [1.29, 1.82) is 5.26 Å². The van der Waals surface area contributed by atoms with E-state index >= 15 is 0 Å². The molecule has 1 aliphatic heterocycles. The number of nitriles is 1. The zero-order valence-corrected chi connectivity index (χ0v) is 15.5. The number of rotatable bonds is 3. The monoisotopic (exact) mass is 369 g/mol. The molecule has 0 aliphatic carbocycles. The largest absolute Gasteiger partial charge is 0.496 e. The molecule has 0 spiro atoms. The van der Waals surface area contributed by atoms with Crippen LogP contribution in [-0.4, -0.2) is 26.9 Å². The predicted octanol–water partition coefficient (Wildman–Crippen LogP) is 4.23. The van der Waals surface area contributed by atoms with Crippen LogP contribution in [0.25, 0.3) is 22.4 Å². The van der Waals surface area contributed by atoms with E-state index in [0.29, 0.717) is 11.4 Å². The van der Waals surface area contributed by atoms with Gasteiger partial charge in [0.05, 0.1) is 24.4 Å². The van der Waals surface area contributed by atoms with Gasteiger partial charge in [0, 0.05) is 28.9 Å². The standard InChI is InChI=1S/C22H19N5O/c1-28-20-7-3-2-5-16(20)17-6-4-10-27-22(17)25-21(26-27)19-12-15-11-14(13-23)8-9-18(15)24-19/h2-3,5,7-9,11-12,17,24H,4,6,10H2,1H3. The van der Waals surface area contributed by atoms with E-state index < -0.39 is 0 Å². The van der Waals surface area contributed by atoms with Crippen molar-refractivity contribution in [3.63, 3.8) is 0 Å². The SMILES string of the molecule is COc1ccccc1C1CCCn2nc(-c3cc4cc(C#N)ccc4[nH]3)nc21. The molecule has 5 rings (SSSR count). The number of aromatic amines is 1. The number of ether oxygens (including phenoxy) is 1. The average Bonchev–Trinajstić information content (AvgIpc) is 3.36. The van der Waals surface area contributed by atoms with Crippen molar-refractivity contribution < 1.29 is 4.74 Å². The van der Waals surface area contributed by atoms with Crippen molar-refractivity contribution in [3.8, 4) is 23.3 Å². The fourth-order valence-corrected chi connectivity index (χ4v) is 4.04. The van der Waals surface area contributed by atoms with Crippen LogP contribution in [0.5, 0.6) is 5.75 Å². The maximum Gasteiger partial charge on any atom is 0.197 e. The van der Waals surface area contributed by atoms with Crippen LogP contribution >= 0.6 is 0 Å².